The number of benzene rings is 2. The molecule has 0 saturated heterocycles. The van der Waals surface area contributed by atoms with Crippen LogP contribution < -0.4 is 5.32 Å². The van der Waals surface area contributed by atoms with Crippen molar-refractivity contribution in [1.29, 1.82) is 0 Å². The van der Waals surface area contributed by atoms with Crippen LogP contribution >= 0.6 is 11.6 Å². The van der Waals surface area contributed by atoms with Gasteiger partial charge in [-0.25, -0.2) is 21.6 Å². The zero-order chi connectivity index (χ0) is 22.1. The number of sulfonamides is 1. The second-order valence-corrected chi connectivity index (χ2v) is 8.10. The van der Waals surface area contributed by atoms with Gasteiger partial charge in [0.25, 0.3) is 0 Å². The summed E-state index contributed by atoms with van der Waals surface area (Å²) in [5.74, 6) is -6.66. The molecule has 1 amide bonds. The number of nitrogens with one attached hydrogen (secondary N) is 1. The van der Waals surface area contributed by atoms with E-state index < -0.39 is 61.6 Å². The Bertz CT molecular complexity index is 1060. The Labute approximate surface area is 165 Å². The molecule has 0 aliphatic heterocycles. The summed E-state index contributed by atoms with van der Waals surface area (Å²) in [6.45, 7) is -0.954. The molecule has 0 saturated carbocycles. The zero-order valence-electron chi connectivity index (χ0n) is 14.3. The fourth-order valence-electron chi connectivity index (χ4n) is 2.18. The molecular weight excluding hydrogens is 450 g/mol. The average Bonchev–Trinajstić information content (AvgIpc) is 2.60. The van der Waals surface area contributed by atoms with Crippen LogP contribution in [0.5, 0.6) is 0 Å². The number of rotatable bonds is 5. The number of hydrogen-bond donors (Lipinski definition) is 1. The highest BCUT2D eigenvalue weighted by Crippen LogP contribution is 2.36. The lowest BCUT2D eigenvalue weighted by molar-refractivity contribution is -0.137. The Hall–Kier alpha value is -2.31. The molecule has 0 radical (unpaired) electrons. The van der Waals surface area contributed by atoms with Crippen LogP contribution in [0, 0.1) is 17.5 Å². The number of carbonyl (C=O) groups excluding carboxylic acids is 1. The minimum Gasteiger partial charge on any atom is -0.325 e. The standard InChI is InChI=1S/C16H11ClF6N2O3S/c1-25(29(27,28)12-5-4-11(18)14(19)15(12)20)7-13(26)24-8-2-3-10(17)9(6-8)16(21,22)23/h2-6H,7H2,1H3,(H,24,26). The highest BCUT2D eigenvalue weighted by Gasteiger charge is 2.34. The van der Waals surface area contributed by atoms with E-state index in [9.17, 15) is 39.6 Å². The van der Waals surface area contributed by atoms with Gasteiger partial charge in [-0.3, -0.25) is 4.79 Å². The first kappa shape index (κ1) is 23.0. The average molecular weight is 461 g/mol. The second kappa shape index (κ2) is 8.20. The number of nitrogens with zero attached hydrogens (tertiary/aromatic N) is 1. The molecule has 29 heavy (non-hydrogen) atoms. The number of halogens is 7. The minimum absolute atomic E-state index is 0.318. The Balaban J connectivity index is 2.20. The number of alkyl halides is 3. The van der Waals surface area contributed by atoms with E-state index in [0.29, 0.717) is 22.5 Å². The van der Waals surface area contributed by atoms with Crippen LogP contribution in [-0.2, 0) is 21.0 Å². The van der Waals surface area contributed by atoms with Crippen LogP contribution in [0.25, 0.3) is 0 Å². The largest absolute Gasteiger partial charge is 0.417 e. The molecule has 0 unspecified atom stereocenters. The van der Waals surface area contributed by atoms with Crippen molar-refractivity contribution in [2.75, 3.05) is 18.9 Å². The quantitative estimate of drug-likeness (QED) is 0.541. The van der Waals surface area contributed by atoms with Gasteiger partial charge in [-0.15, -0.1) is 0 Å². The molecule has 158 valence electrons. The van der Waals surface area contributed by atoms with Crippen LogP contribution in [0.4, 0.5) is 32.0 Å². The lowest BCUT2D eigenvalue weighted by Gasteiger charge is -2.18. The maximum atomic E-state index is 13.8. The van der Waals surface area contributed by atoms with Crippen molar-refractivity contribution in [1.82, 2.24) is 4.31 Å². The predicted octanol–water partition coefficient (Wildman–Crippen LogP) is 4.04. The summed E-state index contributed by atoms with van der Waals surface area (Å²) in [4.78, 5) is 10.8. The normalized spacial score (nSPS) is 12.3. The first-order chi connectivity index (χ1) is 13.2. The van der Waals surface area contributed by atoms with Gasteiger partial charge in [0.1, 0.15) is 4.90 Å². The zero-order valence-corrected chi connectivity index (χ0v) is 15.9. The summed E-state index contributed by atoms with van der Waals surface area (Å²) in [5.41, 5.74) is -1.54. The van der Waals surface area contributed by atoms with E-state index >= 15 is 0 Å². The van der Waals surface area contributed by atoms with Gasteiger partial charge in [0.2, 0.25) is 15.9 Å². The summed E-state index contributed by atoms with van der Waals surface area (Å²) >= 11 is 5.46. The van der Waals surface area contributed by atoms with Gasteiger partial charge < -0.3 is 5.32 Å². The van der Waals surface area contributed by atoms with E-state index in [0.717, 1.165) is 19.2 Å². The Kier molecular flexibility index (Phi) is 6.50. The Morgan fingerprint density at radius 3 is 2.31 bits per heavy atom. The van der Waals surface area contributed by atoms with Gasteiger partial charge >= 0.3 is 6.18 Å². The summed E-state index contributed by atoms with van der Waals surface area (Å²) in [5, 5.41) is 1.43. The monoisotopic (exact) mass is 460 g/mol. The van der Waals surface area contributed by atoms with Gasteiger partial charge in [0.15, 0.2) is 17.5 Å². The van der Waals surface area contributed by atoms with Gasteiger partial charge in [-0.2, -0.15) is 17.5 Å². The summed E-state index contributed by atoms with van der Waals surface area (Å²) < 4.78 is 103. The first-order valence-corrected chi connectivity index (χ1v) is 9.33. The topological polar surface area (TPSA) is 66.5 Å². The van der Waals surface area contributed by atoms with Crippen molar-refractivity contribution in [2.24, 2.45) is 0 Å². The van der Waals surface area contributed by atoms with Crippen molar-refractivity contribution >= 4 is 33.2 Å². The lowest BCUT2D eigenvalue weighted by atomic mass is 10.2. The van der Waals surface area contributed by atoms with E-state index in [4.69, 9.17) is 11.6 Å². The van der Waals surface area contributed by atoms with Crippen molar-refractivity contribution < 1.29 is 39.6 Å². The fourth-order valence-corrected chi connectivity index (χ4v) is 3.59. The van der Waals surface area contributed by atoms with Crippen LogP contribution in [-0.4, -0.2) is 32.2 Å². The van der Waals surface area contributed by atoms with Gasteiger partial charge in [0, 0.05) is 12.7 Å². The van der Waals surface area contributed by atoms with Crippen LogP contribution in [0.3, 0.4) is 0 Å². The van der Waals surface area contributed by atoms with E-state index in [1.807, 2.05) is 5.32 Å². The molecule has 0 heterocycles. The van der Waals surface area contributed by atoms with Crippen molar-refractivity contribution in [3.05, 3.63) is 58.4 Å². The predicted molar refractivity (Wildman–Crippen MR) is 91.2 cm³/mol. The summed E-state index contributed by atoms with van der Waals surface area (Å²) in [6, 6.07) is 3.36. The van der Waals surface area contributed by atoms with E-state index in [1.165, 1.54) is 0 Å². The van der Waals surface area contributed by atoms with Gasteiger partial charge in [-0.1, -0.05) is 11.6 Å². The smallest absolute Gasteiger partial charge is 0.325 e. The number of amides is 1. The highest BCUT2D eigenvalue weighted by molar-refractivity contribution is 7.89. The molecule has 0 aliphatic rings. The number of hydrogen-bond acceptors (Lipinski definition) is 3. The number of anilines is 1. The third-order valence-corrected chi connectivity index (χ3v) is 5.76. The molecule has 0 aliphatic carbocycles. The highest BCUT2D eigenvalue weighted by atomic mass is 35.5. The molecule has 2 aromatic carbocycles. The fraction of sp³-hybridized carbons (Fsp3) is 0.188. The van der Waals surface area contributed by atoms with Crippen molar-refractivity contribution in [3.8, 4) is 0 Å². The molecule has 2 aromatic rings. The molecule has 2 rings (SSSR count). The summed E-state index contributed by atoms with van der Waals surface area (Å²) in [7, 11) is -3.90. The molecule has 0 bridgehead atoms. The molecule has 0 atom stereocenters. The maximum absolute atomic E-state index is 13.8. The molecule has 0 aromatic heterocycles. The van der Waals surface area contributed by atoms with Crippen LogP contribution in [0.1, 0.15) is 5.56 Å². The molecule has 1 N–H and O–H groups in total. The molecule has 13 heteroatoms. The third-order valence-electron chi connectivity index (χ3n) is 3.61. The minimum atomic E-state index is -4.79. The molecule has 0 fully saturated rings. The number of carbonyl (C=O) groups is 1. The second-order valence-electron chi connectivity index (χ2n) is 5.68. The Morgan fingerprint density at radius 2 is 1.72 bits per heavy atom. The Morgan fingerprint density at radius 1 is 1.10 bits per heavy atom. The SMILES string of the molecule is CN(CC(=O)Nc1ccc(Cl)c(C(F)(F)F)c1)S(=O)(=O)c1ccc(F)c(F)c1F. The maximum Gasteiger partial charge on any atom is 0.417 e. The van der Waals surface area contributed by atoms with E-state index in [-0.39, 0.29) is 5.69 Å². The molecule has 5 nitrogen and oxygen atoms in total. The third kappa shape index (κ3) is 5.00. The van der Waals surface area contributed by atoms with Crippen molar-refractivity contribution in [2.45, 2.75) is 11.1 Å². The molecular formula is C16H11ClF6N2O3S. The lowest BCUT2D eigenvalue weighted by Crippen LogP contribution is -2.35. The van der Waals surface area contributed by atoms with Gasteiger partial charge in [-0.05, 0) is 30.3 Å². The van der Waals surface area contributed by atoms with Crippen LogP contribution in [0.15, 0.2) is 35.2 Å². The van der Waals surface area contributed by atoms with E-state index in [2.05, 4.69) is 0 Å². The number of likely N-dealkylation sites (N-methyl/N-ethyl adjacent to an activating group) is 1. The van der Waals surface area contributed by atoms with Crippen molar-refractivity contribution in [3.63, 3.8) is 0 Å². The van der Waals surface area contributed by atoms with E-state index in [1.54, 1.807) is 0 Å². The molecule has 0 spiro atoms. The van der Waals surface area contributed by atoms with Crippen LogP contribution in [0.2, 0.25) is 5.02 Å². The first-order valence-electron chi connectivity index (χ1n) is 7.51. The van der Waals surface area contributed by atoms with Gasteiger partial charge in [0.05, 0.1) is 17.1 Å². The summed E-state index contributed by atoms with van der Waals surface area (Å²) in [6.07, 6.45) is -4.79.